The fraction of sp³-hybridized carbons (Fsp3) is 0.381. The topological polar surface area (TPSA) is 194 Å². The second-order valence-electron chi connectivity index (χ2n) is 14.0. The summed E-state index contributed by atoms with van der Waals surface area (Å²) in [7, 11) is 0. The molecule has 2 fully saturated rings. The number of carboxylic acid groups (broad SMARTS) is 2. The van der Waals surface area contributed by atoms with Crippen molar-refractivity contribution < 1.29 is 67.2 Å². The maximum atomic E-state index is 13.2. The summed E-state index contributed by atoms with van der Waals surface area (Å²) in [6, 6.07) is 25.0. The van der Waals surface area contributed by atoms with E-state index in [4.69, 9.17) is 48.8 Å². The van der Waals surface area contributed by atoms with Crippen LogP contribution < -0.4 is 39.1 Å². The first-order chi connectivity index (χ1) is 28.0. The smallest absolute Gasteiger partial charge is 0.335 e. The maximum absolute atomic E-state index is 13.2. The number of benzene rings is 4. The standard InChI is InChI=1S/2C19H20FNO3.C4H6O6/c2*20-15-3-1-13(2-4-15)17-7-8-21-10-14(17)11-22-16-5-6-18-19(9-16)24-12-23-18;5-1(3(7)8)2(6)4(9)10/h2*1-6,9,14,17,21H,7-8,10-12H2;1-2,5-6H,(H,7,8)(H,9,10)/t2*14-,17-;/m00./s1. The van der Waals surface area contributed by atoms with Crippen LogP contribution in [0.1, 0.15) is 35.8 Å². The zero-order chi connectivity index (χ0) is 41.0. The lowest BCUT2D eigenvalue weighted by molar-refractivity contribution is -0.165. The van der Waals surface area contributed by atoms with Gasteiger partial charge in [-0.1, -0.05) is 24.3 Å². The van der Waals surface area contributed by atoms with E-state index in [0.29, 0.717) is 36.9 Å². The highest BCUT2D eigenvalue weighted by molar-refractivity contribution is 5.83. The molecule has 0 saturated carbocycles. The Morgan fingerprint density at radius 1 is 0.603 bits per heavy atom. The number of carbonyl (C=O) groups is 2. The number of ether oxygens (including phenoxy) is 6. The van der Waals surface area contributed by atoms with E-state index in [1.165, 1.54) is 35.4 Å². The number of piperidine rings is 2. The van der Waals surface area contributed by atoms with Gasteiger partial charge < -0.3 is 59.5 Å². The van der Waals surface area contributed by atoms with E-state index in [9.17, 15) is 18.4 Å². The van der Waals surface area contributed by atoms with Gasteiger partial charge in [-0.25, -0.2) is 18.4 Å². The van der Waals surface area contributed by atoms with Gasteiger partial charge in [-0.3, -0.25) is 0 Å². The van der Waals surface area contributed by atoms with Crippen LogP contribution in [0.4, 0.5) is 8.78 Å². The number of aliphatic carboxylic acids is 2. The number of rotatable bonds is 11. The molecule has 16 heteroatoms. The minimum atomic E-state index is -2.27. The largest absolute Gasteiger partial charge is 0.493 e. The Hall–Kier alpha value is -5.68. The molecule has 4 aromatic carbocycles. The molecule has 2 saturated heterocycles. The molecule has 6 N–H and O–H groups in total. The normalized spacial score (nSPS) is 21.2. The SMILES string of the molecule is Fc1ccc([C@@H]2CCNC[C@H]2COc2ccc3c(c2)OCO3)cc1.Fc1ccc([C@@H]2CCNC[C@H]2COc2ccc3c(c2)OCO3)cc1.O=C(O)C(O)C(O)C(=O)O. The number of hydrogen-bond acceptors (Lipinski definition) is 12. The predicted octanol–water partition coefficient (Wildman–Crippen LogP) is 4.53. The van der Waals surface area contributed by atoms with Gasteiger partial charge in [0.15, 0.2) is 35.2 Å². The molecule has 0 amide bonds. The Labute approximate surface area is 333 Å². The van der Waals surface area contributed by atoms with Gasteiger partial charge in [0.2, 0.25) is 13.6 Å². The van der Waals surface area contributed by atoms with Crippen molar-refractivity contribution in [3.8, 4) is 34.5 Å². The third-order valence-corrected chi connectivity index (χ3v) is 10.2. The molecule has 6 atom stereocenters. The zero-order valence-electron chi connectivity index (χ0n) is 31.4. The van der Waals surface area contributed by atoms with Gasteiger partial charge in [-0.05, 0) is 97.4 Å². The lowest BCUT2D eigenvalue weighted by Crippen LogP contribution is -2.39. The van der Waals surface area contributed by atoms with Crippen molar-refractivity contribution >= 4 is 11.9 Å². The summed E-state index contributed by atoms with van der Waals surface area (Å²) in [5.41, 5.74) is 2.36. The molecule has 4 aromatic rings. The van der Waals surface area contributed by atoms with E-state index < -0.39 is 24.1 Å². The van der Waals surface area contributed by atoms with Crippen LogP contribution in [0.5, 0.6) is 34.5 Å². The average Bonchev–Trinajstić information content (AvgIpc) is 3.92. The highest BCUT2D eigenvalue weighted by Gasteiger charge is 2.30. The van der Waals surface area contributed by atoms with E-state index in [1.54, 1.807) is 0 Å². The van der Waals surface area contributed by atoms with Crippen molar-refractivity contribution in [3.63, 3.8) is 0 Å². The summed E-state index contributed by atoms with van der Waals surface area (Å²) < 4.78 is 59.7. The molecule has 0 aromatic heterocycles. The van der Waals surface area contributed by atoms with Crippen molar-refractivity contribution in [2.45, 2.75) is 36.9 Å². The molecule has 8 rings (SSSR count). The van der Waals surface area contributed by atoms with E-state index in [0.717, 1.165) is 73.5 Å². The van der Waals surface area contributed by atoms with E-state index in [1.807, 2.05) is 60.7 Å². The molecule has 58 heavy (non-hydrogen) atoms. The zero-order valence-corrected chi connectivity index (χ0v) is 31.4. The van der Waals surface area contributed by atoms with Gasteiger partial charge in [-0.2, -0.15) is 0 Å². The minimum absolute atomic E-state index is 0.194. The van der Waals surface area contributed by atoms with Gasteiger partial charge >= 0.3 is 11.9 Å². The Morgan fingerprint density at radius 3 is 1.36 bits per heavy atom. The Bertz CT molecular complexity index is 1830. The molecule has 310 valence electrons. The minimum Gasteiger partial charge on any atom is -0.493 e. The van der Waals surface area contributed by atoms with Gasteiger partial charge in [0.1, 0.15) is 23.1 Å². The maximum Gasteiger partial charge on any atom is 0.335 e. The highest BCUT2D eigenvalue weighted by atomic mass is 19.1. The fourth-order valence-electron chi connectivity index (χ4n) is 7.10. The average molecular weight is 809 g/mol. The first-order valence-electron chi connectivity index (χ1n) is 18.8. The van der Waals surface area contributed by atoms with Crippen molar-refractivity contribution in [2.75, 3.05) is 53.0 Å². The predicted molar refractivity (Wildman–Crippen MR) is 204 cm³/mol. The van der Waals surface area contributed by atoms with Crippen molar-refractivity contribution in [1.82, 2.24) is 10.6 Å². The van der Waals surface area contributed by atoms with Crippen LogP contribution in [-0.4, -0.2) is 97.6 Å². The summed E-state index contributed by atoms with van der Waals surface area (Å²) in [6.45, 7) is 5.48. The van der Waals surface area contributed by atoms with Crippen LogP contribution in [-0.2, 0) is 9.59 Å². The molecule has 4 aliphatic heterocycles. The summed E-state index contributed by atoms with van der Waals surface area (Å²) in [6.07, 6.45) is -2.48. The number of aliphatic hydroxyl groups is 2. The summed E-state index contributed by atoms with van der Waals surface area (Å²) in [5.74, 6) is 2.04. The number of aliphatic hydroxyl groups excluding tert-OH is 2. The number of nitrogens with one attached hydrogen (secondary N) is 2. The monoisotopic (exact) mass is 808 g/mol. The molecule has 4 heterocycles. The molecule has 2 unspecified atom stereocenters. The molecule has 0 radical (unpaired) electrons. The van der Waals surface area contributed by atoms with Crippen molar-refractivity contribution in [2.24, 2.45) is 11.8 Å². The lowest BCUT2D eigenvalue weighted by atomic mass is 9.81. The van der Waals surface area contributed by atoms with Crippen LogP contribution in [0.2, 0.25) is 0 Å². The molecule has 14 nitrogen and oxygen atoms in total. The summed E-state index contributed by atoms with van der Waals surface area (Å²) in [5, 5.41) is 39.4. The first-order valence-corrected chi connectivity index (χ1v) is 18.8. The van der Waals surface area contributed by atoms with Gasteiger partial charge in [-0.15, -0.1) is 0 Å². The van der Waals surface area contributed by atoms with Gasteiger partial charge in [0.05, 0.1) is 13.2 Å². The number of halogens is 2. The van der Waals surface area contributed by atoms with Gasteiger partial charge in [0, 0.05) is 37.1 Å². The number of carboxylic acids is 2. The van der Waals surface area contributed by atoms with Crippen LogP contribution in [0.25, 0.3) is 0 Å². The molecular weight excluding hydrogens is 762 g/mol. The van der Waals surface area contributed by atoms with Crippen LogP contribution in [0, 0.1) is 23.5 Å². The highest BCUT2D eigenvalue weighted by Crippen LogP contribution is 2.38. The third kappa shape index (κ3) is 11.2. The number of hydrogen-bond donors (Lipinski definition) is 6. The molecule has 0 bridgehead atoms. The van der Waals surface area contributed by atoms with Crippen LogP contribution in [0.3, 0.4) is 0 Å². The molecule has 0 spiro atoms. The summed E-state index contributed by atoms with van der Waals surface area (Å²) >= 11 is 0. The summed E-state index contributed by atoms with van der Waals surface area (Å²) in [4.78, 5) is 19.5. The van der Waals surface area contributed by atoms with E-state index >= 15 is 0 Å². The van der Waals surface area contributed by atoms with Crippen molar-refractivity contribution in [1.29, 1.82) is 0 Å². The quantitative estimate of drug-likeness (QED) is 0.124. The van der Waals surface area contributed by atoms with E-state index in [2.05, 4.69) is 10.6 Å². The van der Waals surface area contributed by atoms with Crippen LogP contribution >= 0.6 is 0 Å². The fourth-order valence-corrected chi connectivity index (χ4v) is 7.10. The Morgan fingerprint density at radius 2 is 0.983 bits per heavy atom. The lowest BCUT2D eigenvalue weighted by Gasteiger charge is -2.32. The Kier molecular flexibility index (Phi) is 14.6. The second-order valence-corrected chi connectivity index (χ2v) is 14.0. The molecule has 4 aliphatic rings. The molecular formula is C42H46F2N2O12. The molecule has 0 aliphatic carbocycles. The van der Waals surface area contributed by atoms with Crippen molar-refractivity contribution in [3.05, 3.63) is 108 Å². The third-order valence-electron chi connectivity index (χ3n) is 10.2. The number of fused-ring (bicyclic) bond motifs is 2. The van der Waals surface area contributed by atoms with E-state index in [-0.39, 0.29) is 25.2 Å². The first kappa shape index (κ1) is 41.9. The van der Waals surface area contributed by atoms with Gasteiger partial charge in [0.25, 0.3) is 0 Å². The second kappa shape index (κ2) is 20.1. The van der Waals surface area contributed by atoms with Crippen LogP contribution in [0.15, 0.2) is 84.9 Å². The Balaban J connectivity index is 0.000000160.